The summed E-state index contributed by atoms with van der Waals surface area (Å²) in [4.78, 5) is 1.94. The molecule has 1 heterocycles. The Bertz CT molecular complexity index is 205. The Morgan fingerprint density at radius 1 is 1.30 bits per heavy atom. The summed E-state index contributed by atoms with van der Waals surface area (Å²) in [5, 5.41) is 10.5. The lowest BCUT2D eigenvalue weighted by Gasteiger charge is -2.10. The molecule has 0 saturated heterocycles. The van der Waals surface area contributed by atoms with E-state index in [0.29, 0.717) is 0 Å². The van der Waals surface area contributed by atoms with Crippen LogP contribution in [0.25, 0.3) is 0 Å². The molecule has 0 aliphatic heterocycles. The first-order valence-electron chi connectivity index (χ1n) is 3.06. The number of pyridine rings is 1. The molecule has 1 rings (SSSR count). The molecule has 54 valence electrons. The minimum atomic E-state index is 0.771. The summed E-state index contributed by atoms with van der Waals surface area (Å²) in [7, 11) is 3.87. The summed E-state index contributed by atoms with van der Waals surface area (Å²) in [5.41, 5.74) is 1.03. The Kier molecular flexibility index (Phi) is 1.76. The molecule has 0 bridgehead atoms. The van der Waals surface area contributed by atoms with Gasteiger partial charge in [0.2, 0.25) is 0 Å². The Hall–Kier alpha value is -1.25. The fourth-order valence-corrected chi connectivity index (χ4v) is 0.703. The fraction of sp³-hybridized carbons (Fsp3) is 0.286. The SMILES string of the molecule is CN(C)c1cc[n+]([O-])cc1. The maximum Gasteiger partial charge on any atom is 0.182 e. The summed E-state index contributed by atoms with van der Waals surface area (Å²) in [5.74, 6) is 0. The van der Waals surface area contributed by atoms with Crippen LogP contribution in [0.15, 0.2) is 24.5 Å². The lowest BCUT2D eigenvalue weighted by atomic mass is 10.4. The van der Waals surface area contributed by atoms with Crippen LogP contribution in [0.4, 0.5) is 5.69 Å². The zero-order valence-corrected chi connectivity index (χ0v) is 6.11. The van der Waals surface area contributed by atoms with Crippen molar-refractivity contribution in [3.63, 3.8) is 0 Å². The highest BCUT2D eigenvalue weighted by Crippen LogP contribution is 2.05. The molecule has 0 aliphatic carbocycles. The Labute approximate surface area is 60.1 Å². The van der Waals surface area contributed by atoms with E-state index in [-0.39, 0.29) is 0 Å². The molecule has 1 aromatic rings. The van der Waals surface area contributed by atoms with E-state index in [1.54, 1.807) is 12.1 Å². The zero-order valence-electron chi connectivity index (χ0n) is 6.11. The quantitative estimate of drug-likeness (QED) is 0.415. The van der Waals surface area contributed by atoms with E-state index in [1.165, 1.54) is 12.4 Å². The second-order valence-electron chi connectivity index (χ2n) is 2.31. The van der Waals surface area contributed by atoms with Crippen LogP contribution in [0.2, 0.25) is 0 Å². The van der Waals surface area contributed by atoms with Gasteiger partial charge in [-0.3, -0.25) is 0 Å². The van der Waals surface area contributed by atoms with Gasteiger partial charge in [-0.25, -0.2) is 0 Å². The molecule has 0 saturated carbocycles. The molecule has 0 unspecified atom stereocenters. The standard InChI is InChI=1S/C7H10N2O/c1-8(2)7-3-5-9(10)6-4-7/h3-6H,1-2H3. The highest BCUT2D eigenvalue weighted by molar-refractivity contribution is 5.41. The normalized spacial score (nSPS) is 9.40. The van der Waals surface area contributed by atoms with Gasteiger partial charge in [0.1, 0.15) is 0 Å². The first-order chi connectivity index (χ1) is 4.70. The van der Waals surface area contributed by atoms with Gasteiger partial charge in [-0.1, -0.05) is 0 Å². The average molecular weight is 138 g/mol. The van der Waals surface area contributed by atoms with Crippen molar-refractivity contribution in [1.82, 2.24) is 0 Å². The van der Waals surface area contributed by atoms with Gasteiger partial charge in [-0.2, -0.15) is 4.73 Å². The summed E-state index contributed by atoms with van der Waals surface area (Å²) in [6.45, 7) is 0. The molecule has 3 nitrogen and oxygen atoms in total. The third-order valence-corrected chi connectivity index (χ3v) is 1.30. The molecule has 0 spiro atoms. The monoisotopic (exact) mass is 138 g/mol. The minimum absolute atomic E-state index is 0.771. The number of aromatic nitrogens is 1. The van der Waals surface area contributed by atoms with E-state index in [9.17, 15) is 5.21 Å². The summed E-state index contributed by atoms with van der Waals surface area (Å²) in [6.07, 6.45) is 2.96. The van der Waals surface area contributed by atoms with Crippen LogP contribution in [0.5, 0.6) is 0 Å². The molecule has 1 aromatic heterocycles. The van der Waals surface area contributed by atoms with Crippen LogP contribution < -0.4 is 9.63 Å². The molecule has 0 aromatic carbocycles. The van der Waals surface area contributed by atoms with Crippen LogP contribution in [0.3, 0.4) is 0 Å². The van der Waals surface area contributed by atoms with Crippen LogP contribution in [0, 0.1) is 5.21 Å². The minimum Gasteiger partial charge on any atom is -0.619 e. The van der Waals surface area contributed by atoms with E-state index in [0.717, 1.165) is 10.4 Å². The maximum atomic E-state index is 10.5. The van der Waals surface area contributed by atoms with Crippen molar-refractivity contribution in [3.05, 3.63) is 29.7 Å². The smallest absolute Gasteiger partial charge is 0.182 e. The summed E-state index contributed by atoms with van der Waals surface area (Å²) < 4.78 is 0.771. The predicted octanol–water partition coefficient (Wildman–Crippen LogP) is 0.386. The molecular weight excluding hydrogens is 128 g/mol. The Morgan fingerprint density at radius 3 is 2.20 bits per heavy atom. The van der Waals surface area contributed by atoms with Crippen molar-refractivity contribution >= 4 is 5.69 Å². The Balaban J connectivity index is 2.89. The molecule has 0 amide bonds. The maximum absolute atomic E-state index is 10.5. The molecule has 0 radical (unpaired) electrons. The highest BCUT2D eigenvalue weighted by Gasteiger charge is 1.94. The van der Waals surface area contributed by atoms with Gasteiger partial charge in [0, 0.05) is 31.9 Å². The second kappa shape index (κ2) is 2.56. The number of rotatable bonds is 1. The topological polar surface area (TPSA) is 30.2 Å². The van der Waals surface area contributed by atoms with Crippen molar-refractivity contribution in [2.75, 3.05) is 19.0 Å². The molecule has 3 heteroatoms. The number of anilines is 1. The molecule has 10 heavy (non-hydrogen) atoms. The molecular formula is C7H10N2O. The zero-order chi connectivity index (χ0) is 7.56. The summed E-state index contributed by atoms with van der Waals surface area (Å²) >= 11 is 0. The van der Waals surface area contributed by atoms with Crippen molar-refractivity contribution in [3.8, 4) is 0 Å². The van der Waals surface area contributed by atoms with Gasteiger partial charge in [-0.05, 0) is 0 Å². The van der Waals surface area contributed by atoms with Crippen LogP contribution in [-0.2, 0) is 0 Å². The van der Waals surface area contributed by atoms with Crippen LogP contribution in [0.1, 0.15) is 0 Å². The van der Waals surface area contributed by atoms with Crippen LogP contribution >= 0.6 is 0 Å². The van der Waals surface area contributed by atoms with E-state index in [2.05, 4.69) is 0 Å². The van der Waals surface area contributed by atoms with Crippen molar-refractivity contribution < 1.29 is 4.73 Å². The Morgan fingerprint density at radius 2 is 1.80 bits per heavy atom. The third kappa shape index (κ3) is 1.37. The number of hydrogen-bond donors (Lipinski definition) is 0. The molecule has 0 atom stereocenters. The molecule has 0 aliphatic rings. The highest BCUT2D eigenvalue weighted by atomic mass is 16.5. The number of nitrogens with zero attached hydrogens (tertiary/aromatic N) is 2. The summed E-state index contributed by atoms with van der Waals surface area (Å²) in [6, 6.07) is 3.54. The molecule has 0 fully saturated rings. The predicted molar refractivity (Wildman–Crippen MR) is 39.7 cm³/mol. The first-order valence-corrected chi connectivity index (χ1v) is 3.06. The van der Waals surface area contributed by atoms with E-state index >= 15 is 0 Å². The van der Waals surface area contributed by atoms with Gasteiger partial charge in [0.15, 0.2) is 12.4 Å². The first kappa shape index (κ1) is 6.86. The second-order valence-corrected chi connectivity index (χ2v) is 2.31. The van der Waals surface area contributed by atoms with Crippen molar-refractivity contribution in [2.24, 2.45) is 0 Å². The van der Waals surface area contributed by atoms with Gasteiger partial charge in [-0.15, -0.1) is 0 Å². The van der Waals surface area contributed by atoms with E-state index in [4.69, 9.17) is 0 Å². The van der Waals surface area contributed by atoms with E-state index < -0.39 is 0 Å². The molecule has 0 N–H and O–H groups in total. The van der Waals surface area contributed by atoms with Crippen LogP contribution in [-0.4, -0.2) is 14.1 Å². The third-order valence-electron chi connectivity index (χ3n) is 1.30. The largest absolute Gasteiger partial charge is 0.619 e. The fourth-order valence-electron chi connectivity index (χ4n) is 0.703. The van der Waals surface area contributed by atoms with Gasteiger partial charge < -0.3 is 10.1 Å². The van der Waals surface area contributed by atoms with Gasteiger partial charge >= 0.3 is 0 Å². The number of hydrogen-bond acceptors (Lipinski definition) is 2. The van der Waals surface area contributed by atoms with Gasteiger partial charge in [0.05, 0.1) is 0 Å². The van der Waals surface area contributed by atoms with Crippen molar-refractivity contribution in [1.29, 1.82) is 0 Å². The van der Waals surface area contributed by atoms with Crippen molar-refractivity contribution in [2.45, 2.75) is 0 Å². The van der Waals surface area contributed by atoms with Gasteiger partial charge in [0.25, 0.3) is 0 Å². The average Bonchev–Trinajstić information content (AvgIpc) is 1.88. The van der Waals surface area contributed by atoms with E-state index in [1.807, 2.05) is 19.0 Å². The lowest BCUT2D eigenvalue weighted by molar-refractivity contribution is -0.605. The lowest BCUT2D eigenvalue weighted by Crippen LogP contribution is -2.24.